The number of benzene rings is 1. The Hall–Kier alpha value is -3.42. The SMILES string of the molecule is CC1(C)C(=O)Nc2ccc(C(=O)N3CCC(Oc4ccnc(C(N)=O)c4)CC3)cc21. The van der Waals surface area contributed by atoms with Crippen molar-refractivity contribution in [3.8, 4) is 5.75 Å². The van der Waals surface area contributed by atoms with Crippen LogP contribution in [0.25, 0.3) is 0 Å². The average Bonchev–Trinajstić information content (AvgIpc) is 2.96. The van der Waals surface area contributed by atoms with E-state index in [0.29, 0.717) is 37.2 Å². The highest BCUT2D eigenvalue weighted by atomic mass is 16.5. The number of amides is 3. The van der Waals surface area contributed by atoms with E-state index in [4.69, 9.17) is 10.5 Å². The first-order valence-corrected chi connectivity index (χ1v) is 9.93. The van der Waals surface area contributed by atoms with Crippen LogP contribution in [0.15, 0.2) is 36.5 Å². The molecule has 1 aromatic heterocycles. The molecule has 3 heterocycles. The fourth-order valence-corrected chi connectivity index (χ4v) is 3.88. The van der Waals surface area contributed by atoms with Crippen LogP contribution in [-0.2, 0) is 10.2 Å². The van der Waals surface area contributed by atoms with Gasteiger partial charge in [-0.1, -0.05) is 0 Å². The van der Waals surface area contributed by atoms with E-state index in [1.807, 2.05) is 19.9 Å². The van der Waals surface area contributed by atoms with Crippen molar-refractivity contribution < 1.29 is 19.1 Å². The molecule has 1 aromatic carbocycles. The Balaban J connectivity index is 1.40. The van der Waals surface area contributed by atoms with Gasteiger partial charge in [-0.15, -0.1) is 0 Å². The Morgan fingerprint density at radius 3 is 2.63 bits per heavy atom. The van der Waals surface area contributed by atoms with E-state index in [-0.39, 0.29) is 23.6 Å². The van der Waals surface area contributed by atoms with Crippen LogP contribution >= 0.6 is 0 Å². The Bertz CT molecular complexity index is 1030. The second-order valence-electron chi connectivity index (χ2n) is 8.19. The number of piperidine rings is 1. The zero-order chi connectivity index (χ0) is 21.5. The van der Waals surface area contributed by atoms with Gasteiger partial charge in [0, 0.05) is 49.4 Å². The predicted octanol–water partition coefficient (Wildman–Crippen LogP) is 2.09. The molecule has 0 atom stereocenters. The van der Waals surface area contributed by atoms with E-state index < -0.39 is 11.3 Å². The number of hydrogen-bond acceptors (Lipinski definition) is 5. The van der Waals surface area contributed by atoms with E-state index in [0.717, 1.165) is 11.3 Å². The monoisotopic (exact) mass is 408 g/mol. The fraction of sp³-hybridized carbons (Fsp3) is 0.364. The second-order valence-corrected chi connectivity index (χ2v) is 8.19. The molecule has 0 spiro atoms. The van der Waals surface area contributed by atoms with Gasteiger partial charge >= 0.3 is 0 Å². The quantitative estimate of drug-likeness (QED) is 0.804. The third kappa shape index (κ3) is 3.60. The molecule has 0 unspecified atom stereocenters. The number of likely N-dealkylation sites (tertiary alicyclic amines) is 1. The van der Waals surface area contributed by atoms with Crippen LogP contribution in [0.1, 0.15) is 53.1 Å². The highest BCUT2D eigenvalue weighted by molar-refractivity contribution is 6.07. The molecule has 0 saturated carbocycles. The highest BCUT2D eigenvalue weighted by Gasteiger charge is 2.39. The van der Waals surface area contributed by atoms with Gasteiger partial charge in [-0.2, -0.15) is 0 Å². The van der Waals surface area contributed by atoms with Crippen molar-refractivity contribution in [3.63, 3.8) is 0 Å². The van der Waals surface area contributed by atoms with E-state index >= 15 is 0 Å². The molecule has 0 bridgehead atoms. The Morgan fingerprint density at radius 1 is 1.20 bits per heavy atom. The molecule has 30 heavy (non-hydrogen) atoms. The molecule has 8 heteroatoms. The summed E-state index contributed by atoms with van der Waals surface area (Å²) in [5.74, 6) is -0.168. The van der Waals surface area contributed by atoms with E-state index in [1.165, 1.54) is 12.3 Å². The number of primary amides is 1. The van der Waals surface area contributed by atoms with Gasteiger partial charge in [0.25, 0.3) is 11.8 Å². The number of ether oxygens (including phenoxy) is 1. The lowest BCUT2D eigenvalue weighted by molar-refractivity contribution is -0.119. The van der Waals surface area contributed by atoms with E-state index in [2.05, 4.69) is 10.3 Å². The maximum atomic E-state index is 13.0. The van der Waals surface area contributed by atoms with Crippen LogP contribution < -0.4 is 15.8 Å². The lowest BCUT2D eigenvalue weighted by atomic mass is 9.85. The highest BCUT2D eigenvalue weighted by Crippen LogP contribution is 2.38. The van der Waals surface area contributed by atoms with Gasteiger partial charge < -0.3 is 20.7 Å². The molecule has 8 nitrogen and oxygen atoms in total. The maximum absolute atomic E-state index is 13.0. The zero-order valence-corrected chi connectivity index (χ0v) is 17.0. The largest absolute Gasteiger partial charge is 0.490 e. The first-order chi connectivity index (χ1) is 14.3. The van der Waals surface area contributed by atoms with Crippen molar-refractivity contribution in [2.45, 2.75) is 38.2 Å². The Labute approximate surface area is 174 Å². The Morgan fingerprint density at radius 2 is 1.93 bits per heavy atom. The second kappa shape index (κ2) is 7.44. The minimum atomic E-state index is -0.652. The fourth-order valence-electron chi connectivity index (χ4n) is 3.88. The summed E-state index contributed by atoms with van der Waals surface area (Å²) < 4.78 is 5.95. The Kier molecular flexibility index (Phi) is 4.93. The van der Waals surface area contributed by atoms with Gasteiger partial charge in [0.05, 0.1) is 5.41 Å². The zero-order valence-electron chi connectivity index (χ0n) is 17.0. The number of rotatable bonds is 4. The summed E-state index contributed by atoms with van der Waals surface area (Å²) in [5, 5.41) is 2.86. The van der Waals surface area contributed by atoms with Crippen molar-refractivity contribution in [3.05, 3.63) is 53.3 Å². The van der Waals surface area contributed by atoms with Crippen LogP contribution in [0, 0.1) is 0 Å². The molecular weight excluding hydrogens is 384 g/mol. The van der Waals surface area contributed by atoms with Crippen molar-refractivity contribution in [2.24, 2.45) is 5.73 Å². The molecule has 156 valence electrons. The van der Waals surface area contributed by atoms with Crippen LogP contribution in [0.4, 0.5) is 5.69 Å². The third-order valence-corrected chi connectivity index (χ3v) is 5.77. The molecular formula is C22H24N4O4. The van der Waals surface area contributed by atoms with Gasteiger partial charge in [0.15, 0.2) is 0 Å². The van der Waals surface area contributed by atoms with E-state index in [9.17, 15) is 14.4 Å². The number of pyridine rings is 1. The molecule has 1 saturated heterocycles. The number of nitrogens with two attached hydrogens (primary N) is 1. The summed E-state index contributed by atoms with van der Waals surface area (Å²) in [4.78, 5) is 42.1. The first-order valence-electron chi connectivity index (χ1n) is 9.93. The molecule has 0 aliphatic carbocycles. The molecule has 4 rings (SSSR count). The normalized spacial score (nSPS) is 17.9. The van der Waals surface area contributed by atoms with Crippen molar-refractivity contribution in [2.75, 3.05) is 18.4 Å². The summed E-state index contributed by atoms with van der Waals surface area (Å²) in [5.41, 5.74) is 6.96. The number of aromatic nitrogens is 1. The van der Waals surface area contributed by atoms with Gasteiger partial charge in [-0.3, -0.25) is 19.4 Å². The molecule has 2 aromatic rings. The molecule has 2 aliphatic heterocycles. The number of nitrogens with one attached hydrogen (secondary N) is 1. The van der Waals surface area contributed by atoms with Crippen LogP contribution in [0.5, 0.6) is 5.75 Å². The van der Waals surface area contributed by atoms with Crippen molar-refractivity contribution >= 4 is 23.4 Å². The number of carbonyl (C=O) groups is 3. The maximum Gasteiger partial charge on any atom is 0.267 e. The third-order valence-electron chi connectivity index (χ3n) is 5.77. The van der Waals surface area contributed by atoms with Crippen LogP contribution in [-0.4, -0.2) is 46.8 Å². The van der Waals surface area contributed by atoms with Gasteiger partial charge in [-0.05, 0) is 43.7 Å². The average molecular weight is 408 g/mol. The molecule has 3 N–H and O–H groups in total. The van der Waals surface area contributed by atoms with E-state index in [1.54, 1.807) is 23.1 Å². The number of anilines is 1. The first kappa shape index (κ1) is 19.9. The van der Waals surface area contributed by atoms with Crippen molar-refractivity contribution in [1.82, 2.24) is 9.88 Å². The lowest BCUT2D eigenvalue weighted by Crippen LogP contribution is -2.41. The molecule has 2 aliphatic rings. The van der Waals surface area contributed by atoms with Gasteiger partial charge in [0.2, 0.25) is 5.91 Å². The van der Waals surface area contributed by atoms with Crippen LogP contribution in [0.3, 0.4) is 0 Å². The minimum absolute atomic E-state index is 0.0497. The summed E-state index contributed by atoms with van der Waals surface area (Å²) in [6, 6.07) is 8.59. The number of fused-ring (bicyclic) bond motifs is 1. The smallest absolute Gasteiger partial charge is 0.267 e. The number of hydrogen-bond donors (Lipinski definition) is 2. The van der Waals surface area contributed by atoms with Gasteiger partial charge in [0.1, 0.15) is 17.5 Å². The van der Waals surface area contributed by atoms with Gasteiger partial charge in [-0.25, -0.2) is 0 Å². The predicted molar refractivity (Wildman–Crippen MR) is 110 cm³/mol. The summed E-state index contributed by atoms with van der Waals surface area (Å²) >= 11 is 0. The summed E-state index contributed by atoms with van der Waals surface area (Å²) in [6.07, 6.45) is 2.79. The molecule has 1 fully saturated rings. The van der Waals surface area contributed by atoms with Crippen molar-refractivity contribution in [1.29, 1.82) is 0 Å². The van der Waals surface area contributed by atoms with Crippen LogP contribution in [0.2, 0.25) is 0 Å². The number of carbonyl (C=O) groups excluding carboxylic acids is 3. The summed E-state index contributed by atoms with van der Waals surface area (Å²) in [7, 11) is 0. The standard InChI is InChI=1S/C22H24N4O4/c1-22(2)16-11-13(3-4-17(16)25-21(22)29)20(28)26-9-6-14(7-10-26)30-15-5-8-24-18(12-15)19(23)27/h3-5,8,11-12,14H,6-7,9-10H2,1-2H3,(H2,23,27)(H,25,29). The topological polar surface area (TPSA) is 115 Å². The molecule has 0 radical (unpaired) electrons. The number of nitrogens with zero attached hydrogens (tertiary/aromatic N) is 2. The minimum Gasteiger partial charge on any atom is -0.490 e. The molecule has 3 amide bonds. The summed E-state index contributed by atoms with van der Waals surface area (Å²) in [6.45, 7) is 4.84. The lowest BCUT2D eigenvalue weighted by Gasteiger charge is -2.32.